The van der Waals surface area contributed by atoms with Crippen molar-refractivity contribution < 1.29 is 24.7 Å². The third kappa shape index (κ3) is 4.40. The second-order valence-corrected chi connectivity index (χ2v) is 4.43. The highest BCUT2D eigenvalue weighted by molar-refractivity contribution is 5.72. The van der Waals surface area contributed by atoms with Gasteiger partial charge < -0.3 is 20.3 Å². The van der Waals surface area contributed by atoms with E-state index in [4.69, 9.17) is 4.74 Å². The average molecular weight is 298 g/mol. The first kappa shape index (κ1) is 16.9. The van der Waals surface area contributed by atoms with Crippen LogP contribution in [0.4, 0.5) is 5.69 Å². The molecule has 0 aliphatic heterocycles. The van der Waals surface area contributed by atoms with Gasteiger partial charge in [-0.1, -0.05) is 6.07 Å². The summed E-state index contributed by atoms with van der Waals surface area (Å²) in [5.74, 6) is -0.143. The Kier molecular flexibility index (Phi) is 6.07. The third-order valence-electron chi connectivity index (χ3n) is 2.93. The molecule has 0 aromatic heterocycles. The van der Waals surface area contributed by atoms with Gasteiger partial charge in [-0.15, -0.1) is 0 Å². The topological polar surface area (TPSA) is 122 Å². The Hall–Kier alpha value is -2.19. The molecule has 8 heteroatoms. The van der Waals surface area contributed by atoms with E-state index >= 15 is 0 Å². The number of nitrogens with zero attached hydrogens (tertiary/aromatic N) is 1. The lowest BCUT2D eigenvalue weighted by Crippen LogP contribution is -2.28. The largest absolute Gasteiger partial charge is 0.496 e. The zero-order valence-electron chi connectivity index (χ0n) is 11.8. The zero-order chi connectivity index (χ0) is 16.0. The first-order valence-corrected chi connectivity index (χ1v) is 6.30. The van der Waals surface area contributed by atoms with Gasteiger partial charge in [-0.3, -0.25) is 14.9 Å². The Balaban J connectivity index is 2.96. The highest BCUT2D eigenvalue weighted by atomic mass is 16.6. The number of benzene rings is 1. The van der Waals surface area contributed by atoms with Gasteiger partial charge in [0.15, 0.2) is 0 Å². The Bertz CT molecular complexity index is 519. The number of methoxy groups -OCH3 is 1. The van der Waals surface area contributed by atoms with Gasteiger partial charge in [0.05, 0.1) is 18.1 Å². The van der Waals surface area contributed by atoms with Crippen molar-refractivity contribution in [2.45, 2.75) is 25.6 Å². The molecule has 3 N–H and O–H groups in total. The first-order valence-electron chi connectivity index (χ1n) is 6.30. The van der Waals surface area contributed by atoms with Crippen LogP contribution in [-0.4, -0.2) is 40.8 Å². The highest BCUT2D eigenvalue weighted by Gasteiger charge is 2.29. The number of hydrogen-bond acceptors (Lipinski definition) is 6. The van der Waals surface area contributed by atoms with Crippen molar-refractivity contribution in [2.24, 2.45) is 0 Å². The lowest BCUT2D eigenvalue weighted by atomic mass is 9.99. The van der Waals surface area contributed by atoms with Gasteiger partial charge in [0.25, 0.3) is 5.69 Å². The fourth-order valence-electron chi connectivity index (χ4n) is 1.91. The van der Waals surface area contributed by atoms with E-state index in [0.717, 1.165) is 0 Å². The second-order valence-electron chi connectivity index (χ2n) is 4.43. The SMILES string of the molecule is COc1cccc([N+](=O)[O-])c1C(O)C(O)CCNC(C)=O. The molecule has 1 amide bonds. The van der Waals surface area contributed by atoms with Crippen molar-refractivity contribution in [3.8, 4) is 5.75 Å². The van der Waals surface area contributed by atoms with E-state index in [1.165, 1.54) is 32.2 Å². The van der Waals surface area contributed by atoms with Crippen molar-refractivity contribution in [3.63, 3.8) is 0 Å². The molecule has 1 rings (SSSR count). The molecule has 0 saturated carbocycles. The molecule has 0 saturated heterocycles. The molecule has 1 aromatic carbocycles. The van der Waals surface area contributed by atoms with Gasteiger partial charge in [0, 0.05) is 19.5 Å². The fourth-order valence-corrected chi connectivity index (χ4v) is 1.91. The van der Waals surface area contributed by atoms with Gasteiger partial charge in [-0.25, -0.2) is 0 Å². The highest BCUT2D eigenvalue weighted by Crippen LogP contribution is 2.35. The summed E-state index contributed by atoms with van der Waals surface area (Å²) in [6, 6.07) is 4.12. The summed E-state index contributed by atoms with van der Waals surface area (Å²) >= 11 is 0. The minimum absolute atomic E-state index is 0.0515. The number of nitrogens with one attached hydrogen (secondary N) is 1. The molecule has 8 nitrogen and oxygen atoms in total. The number of aliphatic hydroxyl groups excluding tert-OH is 2. The van der Waals surface area contributed by atoms with Crippen LogP contribution in [0.15, 0.2) is 18.2 Å². The number of carbonyl (C=O) groups excluding carboxylic acids is 1. The number of carbonyl (C=O) groups is 1. The second kappa shape index (κ2) is 7.55. The Morgan fingerprint density at radius 1 is 1.48 bits per heavy atom. The summed E-state index contributed by atoms with van der Waals surface area (Å²) in [5.41, 5.74) is -0.416. The van der Waals surface area contributed by atoms with Gasteiger partial charge in [0.2, 0.25) is 5.91 Å². The van der Waals surface area contributed by atoms with Gasteiger partial charge in [-0.05, 0) is 12.5 Å². The van der Waals surface area contributed by atoms with E-state index in [9.17, 15) is 25.1 Å². The van der Waals surface area contributed by atoms with Crippen molar-refractivity contribution in [3.05, 3.63) is 33.9 Å². The summed E-state index contributed by atoms with van der Waals surface area (Å²) in [5, 5.41) is 33.6. The number of hydrogen-bond donors (Lipinski definition) is 3. The third-order valence-corrected chi connectivity index (χ3v) is 2.93. The van der Waals surface area contributed by atoms with Crippen LogP contribution in [0.5, 0.6) is 5.75 Å². The normalized spacial score (nSPS) is 13.3. The van der Waals surface area contributed by atoms with Crippen molar-refractivity contribution in [1.29, 1.82) is 0 Å². The molecule has 2 unspecified atom stereocenters. The molecular formula is C13H18N2O6. The maximum absolute atomic E-state index is 11.0. The number of amides is 1. The van der Waals surface area contributed by atoms with Crippen molar-refractivity contribution in [2.75, 3.05) is 13.7 Å². The molecule has 0 heterocycles. The maximum Gasteiger partial charge on any atom is 0.279 e. The summed E-state index contributed by atoms with van der Waals surface area (Å²) < 4.78 is 5.00. The molecule has 2 atom stereocenters. The van der Waals surface area contributed by atoms with Crippen LogP contribution < -0.4 is 10.1 Å². The summed E-state index contributed by atoms with van der Waals surface area (Å²) in [6.45, 7) is 1.48. The number of aliphatic hydroxyl groups is 2. The monoisotopic (exact) mass is 298 g/mol. The molecule has 0 fully saturated rings. The van der Waals surface area contributed by atoms with Crippen LogP contribution >= 0.6 is 0 Å². The minimum Gasteiger partial charge on any atom is -0.496 e. The van der Waals surface area contributed by atoms with Crippen molar-refractivity contribution >= 4 is 11.6 Å². The van der Waals surface area contributed by atoms with Gasteiger partial charge in [0.1, 0.15) is 17.4 Å². The van der Waals surface area contributed by atoms with Crippen LogP contribution in [0.3, 0.4) is 0 Å². The predicted octanol–water partition coefficient (Wildman–Crippen LogP) is 0.524. The maximum atomic E-state index is 11.0. The van der Waals surface area contributed by atoms with E-state index in [2.05, 4.69) is 5.32 Å². The van der Waals surface area contributed by atoms with Gasteiger partial charge in [-0.2, -0.15) is 0 Å². The predicted molar refractivity (Wildman–Crippen MR) is 73.9 cm³/mol. The van der Waals surface area contributed by atoms with E-state index in [1.807, 2.05) is 0 Å². The van der Waals surface area contributed by atoms with E-state index in [-0.39, 0.29) is 35.9 Å². The molecule has 0 spiro atoms. The van der Waals surface area contributed by atoms with Crippen LogP contribution in [0.25, 0.3) is 0 Å². The smallest absolute Gasteiger partial charge is 0.279 e. The minimum atomic E-state index is -1.49. The van der Waals surface area contributed by atoms with E-state index in [1.54, 1.807) is 0 Å². The quantitative estimate of drug-likeness (QED) is 0.498. The molecule has 21 heavy (non-hydrogen) atoms. The number of rotatable bonds is 7. The fraction of sp³-hybridized carbons (Fsp3) is 0.462. The van der Waals surface area contributed by atoms with E-state index in [0.29, 0.717) is 0 Å². The molecule has 1 aromatic rings. The van der Waals surface area contributed by atoms with Crippen LogP contribution in [0.1, 0.15) is 25.0 Å². The summed E-state index contributed by atoms with van der Waals surface area (Å²) in [6.07, 6.45) is -2.71. The number of nitro benzene ring substituents is 1. The summed E-state index contributed by atoms with van der Waals surface area (Å²) in [7, 11) is 1.32. The molecular weight excluding hydrogens is 280 g/mol. The average Bonchev–Trinajstić information content (AvgIpc) is 2.44. The molecule has 0 aliphatic carbocycles. The molecule has 116 valence electrons. The van der Waals surface area contributed by atoms with Crippen LogP contribution in [0.2, 0.25) is 0 Å². The molecule has 0 aliphatic rings. The molecule has 0 radical (unpaired) electrons. The van der Waals surface area contributed by atoms with E-state index < -0.39 is 17.1 Å². The lowest BCUT2D eigenvalue weighted by Gasteiger charge is -2.20. The Morgan fingerprint density at radius 3 is 2.67 bits per heavy atom. The summed E-state index contributed by atoms with van der Waals surface area (Å²) in [4.78, 5) is 21.1. The lowest BCUT2D eigenvalue weighted by molar-refractivity contribution is -0.386. The van der Waals surface area contributed by atoms with Crippen LogP contribution in [-0.2, 0) is 4.79 Å². The van der Waals surface area contributed by atoms with Crippen molar-refractivity contribution in [1.82, 2.24) is 5.32 Å². The molecule has 0 bridgehead atoms. The Labute approximate surface area is 121 Å². The van der Waals surface area contributed by atoms with Crippen LogP contribution in [0, 0.1) is 10.1 Å². The number of ether oxygens (including phenoxy) is 1. The standard InChI is InChI=1S/C13H18N2O6/c1-8(16)14-7-6-10(17)13(18)12-9(15(19)20)4-3-5-11(12)21-2/h3-5,10,13,17-18H,6-7H2,1-2H3,(H,14,16). The number of nitro groups is 1. The first-order chi connectivity index (χ1) is 9.88. The van der Waals surface area contributed by atoms with Gasteiger partial charge >= 0.3 is 0 Å². The Morgan fingerprint density at radius 2 is 2.14 bits per heavy atom. The zero-order valence-corrected chi connectivity index (χ0v) is 11.8.